The van der Waals surface area contributed by atoms with Crippen molar-refractivity contribution in [3.8, 4) is 0 Å². The summed E-state index contributed by atoms with van der Waals surface area (Å²) in [6.07, 6.45) is 3.16. The Balaban J connectivity index is 2.12. The third-order valence-corrected chi connectivity index (χ3v) is 5.40. The van der Waals surface area contributed by atoms with Crippen molar-refractivity contribution < 1.29 is 18.4 Å². The number of hydrogen-bond acceptors (Lipinski definition) is 5. The number of nitrogens with two attached hydrogens (primary N) is 1. The molecule has 1 aromatic carbocycles. The van der Waals surface area contributed by atoms with Gasteiger partial charge in [-0.2, -0.15) is 0 Å². The molecule has 2 fully saturated rings. The highest BCUT2D eigenvalue weighted by Gasteiger charge is 2.30. The van der Waals surface area contributed by atoms with Crippen LogP contribution in [0.3, 0.4) is 0 Å². The average molecular weight is 402 g/mol. The highest BCUT2D eigenvalue weighted by atomic mass is 35.5. The molecule has 1 unspecified atom stereocenters. The van der Waals surface area contributed by atoms with Gasteiger partial charge >= 0.3 is 0 Å². The van der Waals surface area contributed by atoms with E-state index in [0.717, 1.165) is 31.5 Å². The number of thioether (sulfide) groups is 1. The molecule has 2 amide bonds. The first kappa shape index (κ1) is 19.1. The van der Waals surface area contributed by atoms with E-state index in [4.69, 9.17) is 17.3 Å². The van der Waals surface area contributed by atoms with Crippen LogP contribution in [-0.4, -0.2) is 30.3 Å². The lowest BCUT2D eigenvalue weighted by Crippen LogP contribution is -2.43. The molecule has 2 aliphatic rings. The third kappa shape index (κ3) is 4.02. The van der Waals surface area contributed by atoms with E-state index in [1.807, 2.05) is 4.90 Å². The van der Waals surface area contributed by atoms with Crippen LogP contribution in [0.15, 0.2) is 17.0 Å². The molecule has 0 bridgehead atoms. The van der Waals surface area contributed by atoms with Gasteiger partial charge in [0.15, 0.2) is 0 Å². The lowest BCUT2D eigenvalue weighted by atomic mass is 10.00. The summed E-state index contributed by atoms with van der Waals surface area (Å²) < 4.78 is 27.7. The molecule has 2 heterocycles. The number of alkyl halides is 2. The Bertz CT molecular complexity index is 795. The Morgan fingerprint density at radius 3 is 2.73 bits per heavy atom. The maximum absolute atomic E-state index is 13.9. The van der Waals surface area contributed by atoms with Crippen LogP contribution in [0.5, 0.6) is 0 Å². The van der Waals surface area contributed by atoms with Gasteiger partial charge in [-0.05, 0) is 42.8 Å². The summed E-state index contributed by atoms with van der Waals surface area (Å²) in [6, 6.07) is 2.51. The highest BCUT2D eigenvalue weighted by Crippen LogP contribution is 2.40. The number of anilines is 1. The number of carbonyl (C=O) groups is 2. The van der Waals surface area contributed by atoms with Crippen LogP contribution in [-0.2, 0) is 10.7 Å². The standard InChI is InChI=1S/C17H18ClF2N3O2S/c1-17(19,20)10-5-9(6-13-15(24)22-16(25)26-13)14(12(18)7-10)23-4-2-3-11(21)8-23/h5-7,11H,2-4,8,21H2,1H3,(H,22,24,25). The number of nitrogens with one attached hydrogen (secondary N) is 1. The smallest absolute Gasteiger partial charge is 0.290 e. The molecule has 3 N–H and O–H groups in total. The number of halogens is 3. The first-order valence-corrected chi connectivity index (χ1v) is 9.32. The number of piperidine rings is 1. The Hall–Kier alpha value is -1.64. The van der Waals surface area contributed by atoms with E-state index in [-0.39, 0.29) is 21.5 Å². The summed E-state index contributed by atoms with van der Waals surface area (Å²) in [4.78, 5) is 25.3. The maximum Gasteiger partial charge on any atom is 0.290 e. The van der Waals surface area contributed by atoms with E-state index >= 15 is 0 Å². The lowest BCUT2D eigenvalue weighted by molar-refractivity contribution is -0.115. The van der Waals surface area contributed by atoms with Crippen molar-refractivity contribution >= 4 is 46.3 Å². The Morgan fingerprint density at radius 1 is 1.42 bits per heavy atom. The van der Waals surface area contributed by atoms with Crippen LogP contribution >= 0.6 is 23.4 Å². The summed E-state index contributed by atoms with van der Waals surface area (Å²) >= 11 is 7.08. The molecule has 0 spiro atoms. The van der Waals surface area contributed by atoms with E-state index in [2.05, 4.69) is 5.32 Å². The van der Waals surface area contributed by atoms with Crippen molar-refractivity contribution in [3.63, 3.8) is 0 Å². The van der Waals surface area contributed by atoms with Crippen LogP contribution in [0.25, 0.3) is 6.08 Å². The molecule has 1 aromatic rings. The summed E-state index contributed by atoms with van der Waals surface area (Å²) in [5.74, 6) is -3.64. The van der Waals surface area contributed by atoms with Crippen LogP contribution in [0, 0.1) is 0 Å². The van der Waals surface area contributed by atoms with E-state index in [1.165, 1.54) is 18.2 Å². The minimum atomic E-state index is -3.09. The van der Waals surface area contributed by atoms with E-state index in [1.54, 1.807) is 0 Å². The maximum atomic E-state index is 13.9. The van der Waals surface area contributed by atoms with Gasteiger partial charge in [-0.1, -0.05) is 11.6 Å². The van der Waals surface area contributed by atoms with Gasteiger partial charge in [-0.15, -0.1) is 0 Å². The second-order valence-electron chi connectivity index (χ2n) is 6.48. The summed E-state index contributed by atoms with van der Waals surface area (Å²) in [5, 5.41) is 1.83. The number of hydrogen-bond donors (Lipinski definition) is 2. The number of imide groups is 1. The van der Waals surface area contributed by atoms with E-state index < -0.39 is 17.1 Å². The molecule has 2 saturated heterocycles. The van der Waals surface area contributed by atoms with Crippen molar-refractivity contribution in [3.05, 3.63) is 33.2 Å². The topological polar surface area (TPSA) is 75.4 Å². The Kier molecular flexibility index (Phi) is 5.28. The first-order valence-electron chi connectivity index (χ1n) is 8.12. The van der Waals surface area contributed by atoms with Crippen LogP contribution in [0.2, 0.25) is 5.02 Å². The molecular formula is C17H18ClF2N3O2S. The minimum absolute atomic E-state index is 0.0432. The zero-order valence-corrected chi connectivity index (χ0v) is 15.6. The third-order valence-electron chi connectivity index (χ3n) is 4.30. The van der Waals surface area contributed by atoms with Gasteiger partial charge in [0.1, 0.15) is 0 Å². The molecule has 0 aromatic heterocycles. The number of amides is 2. The van der Waals surface area contributed by atoms with Gasteiger partial charge in [-0.25, -0.2) is 8.78 Å². The van der Waals surface area contributed by atoms with Crippen molar-refractivity contribution in [1.82, 2.24) is 5.32 Å². The van der Waals surface area contributed by atoms with Gasteiger partial charge in [0, 0.05) is 37.2 Å². The fourth-order valence-electron chi connectivity index (χ4n) is 3.09. The van der Waals surface area contributed by atoms with Crippen molar-refractivity contribution in [2.75, 3.05) is 18.0 Å². The van der Waals surface area contributed by atoms with Crippen molar-refractivity contribution in [2.45, 2.75) is 31.7 Å². The molecule has 0 aliphatic carbocycles. The average Bonchev–Trinajstić information content (AvgIpc) is 2.83. The van der Waals surface area contributed by atoms with Gasteiger partial charge in [0.25, 0.3) is 17.1 Å². The number of benzene rings is 1. The normalized spacial score (nSPS) is 22.9. The van der Waals surface area contributed by atoms with E-state index in [0.29, 0.717) is 24.3 Å². The zero-order valence-electron chi connectivity index (χ0n) is 14.0. The highest BCUT2D eigenvalue weighted by molar-refractivity contribution is 8.18. The van der Waals surface area contributed by atoms with Crippen LogP contribution < -0.4 is 16.0 Å². The van der Waals surface area contributed by atoms with Crippen LogP contribution in [0.4, 0.5) is 19.3 Å². The molecule has 0 saturated carbocycles. The predicted octanol–water partition coefficient (Wildman–Crippen LogP) is 3.70. The second kappa shape index (κ2) is 7.17. The van der Waals surface area contributed by atoms with Gasteiger partial charge in [-0.3, -0.25) is 14.9 Å². The molecule has 140 valence electrons. The molecule has 9 heteroatoms. The number of nitrogens with zero attached hydrogens (tertiary/aromatic N) is 1. The fourth-order valence-corrected chi connectivity index (χ4v) is 4.11. The Labute approximate surface area is 158 Å². The lowest BCUT2D eigenvalue weighted by Gasteiger charge is -2.34. The SMILES string of the molecule is CC(F)(F)c1cc(Cl)c(N2CCCC(N)C2)c(C=C2SC(=O)NC2=O)c1. The molecule has 3 rings (SSSR count). The Morgan fingerprint density at radius 2 is 2.15 bits per heavy atom. The molecular weight excluding hydrogens is 384 g/mol. The molecule has 26 heavy (non-hydrogen) atoms. The quantitative estimate of drug-likeness (QED) is 0.755. The summed E-state index contributed by atoms with van der Waals surface area (Å²) in [7, 11) is 0. The predicted molar refractivity (Wildman–Crippen MR) is 99.5 cm³/mol. The van der Waals surface area contributed by atoms with Gasteiger partial charge in [0.2, 0.25) is 0 Å². The molecule has 0 radical (unpaired) electrons. The van der Waals surface area contributed by atoms with E-state index in [9.17, 15) is 18.4 Å². The molecule has 5 nitrogen and oxygen atoms in total. The first-order chi connectivity index (χ1) is 12.1. The van der Waals surface area contributed by atoms with Crippen molar-refractivity contribution in [2.24, 2.45) is 5.73 Å². The largest absolute Gasteiger partial charge is 0.368 e. The second-order valence-corrected chi connectivity index (χ2v) is 7.91. The van der Waals surface area contributed by atoms with Gasteiger partial charge < -0.3 is 10.6 Å². The fraction of sp³-hybridized carbons (Fsp3) is 0.412. The monoisotopic (exact) mass is 401 g/mol. The summed E-state index contributed by atoms with van der Waals surface area (Å²) in [5.41, 5.74) is 6.70. The van der Waals surface area contributed by atoms with Crippen molar-refractivity contribution in [1.29, 1.82) is 0 Å². The van der Waals surface area contributed by atoms with Gasteiger partial charge in [0.05, 0.1) is 15.6 Å². The molecule has 1 atom stereocenters. The minimum Gasteiger partial charge on any atom is -0.368 e. The number of carbonyl (C=O) groups excluding carboxylic acids is 2. The number of rotatable bonds is 3. The zero-order chi connectivity index (χ0) is 19.1. The molecule has 2 aliphatic heterocycles. The summed E-state index contributed by atoms with van der Waals surface area (Å²) in [6.45, 7) is 2.01. The van der Waals surface area contributed by atoms with Crippen LogP contribution in [0.1, 0.15) is 30.9 Å².